The van der Waals surface area contributed by atoms with Crippen molar-refractivity contribution in [2.24, 2.45) is 0 Å². The molecule has 0 aliphatic heterocycles. The third-order valence-corrected chi connectivity index (χ3v) is 3.29. The second-order valence-electron chi connectivity index (χ2n) is 4.27. The quantitative estimate of drug-likeness (QED) is 0.800. The van der Waals surface area contributed by atoms with E-state index >= 15 is 0 Å². The molecule has 1 aliphatic carbocycles. The van der Waals surface area contributed by atoms with Crippen molar-refractivity contribution in [2.75, 3.05) is 0 Å². The highest BCUT2D eigenvalue weighted by atomic mass is 16.4. The normalized spacial score (nSPS) is 17.1. The van der Waals surface area contributed by atoms with Crippen molar-refractivity contribution in [3.05, 3.63) is 23.0 Å². The van der Waals surface area contributed by atoms with Gasteiger partial charge in [-0.25, -0.2) is 4.79 Å². The second kappa shape index (κ2) is 4.09. The first-order valence-electron chi connectivity index (χ1n) is 5.67. The van der Waals surface area contributed by atoms with Crippen LogP contribution in [0.1, 0.15) is 60.3 Å². The van der Waals surface area contributed by atoms with Gasteiger partial charge in [-0.05, 0) is 36.8 Å². The van der Waals surface area contributed by atoms with Crippen LogP contribution >= 0.6 is 0 Å². The predicted octanol–water partition coefficient (Wildman–Crippen LogP) is 2.93. The Bertz CT molecular complexity index is 362. The maximum absolute atomic E-state index is 11.1. The molecule has 15 heavy (non-hydrogen) atoms. The van der Waals surface area contributed by atoms with Crippen molar-refractivity contribution >= 4 is 5.97 Å². The highest BCUT2D eigenvalue weighted by molar-refractivity contribution is 5.87. The molecule has 0 unspecified atom stereocenters. The number of aryl methyl sites for hydroxylation is 1. The highest BCUT2D eigenvalue weighted by Crippen LogP contribution is 2.36. The summed E-state index contributed by atoms with van der Waals surface area (Å²) in [6.45, 7) is 2.04. The molecule has 1 aromatic rings. The van der Waals surface area contributed by atoms with Gasteiger partial charge in [-0.15, -0.1) is 0 Å². The summed E-state index contributed by atoms with van der Waals surface area (Å²) < 4.78 is 0. The number of aromatic amines is 1. The summed E-state index contributed by atoms with van der Waals surface area (Å²) in [4.78, 5) is 14.1. The maximum Gasteiger partial charge on any atom is 0.352 e. The van der Waals surface area contributed by atoms with Gasteiger partial charge in [-0.2, -0.15) is 0 Å². The molecule has 0 amide bonds. The van der Waals surface area contributed by atoms with Crippen molar-refractivity contribution in [1.82, 2.24) is 4.98 Å². The van der Waals surface area contributed by atoms with Gasteiger partial charge in [0.1, 0.15) is 5.69 Å². The summed E-state index contributed by atoms with van der Waals surface area (Å²) in [5, 5.41) is 9.10. The van der Waals surface area contributed by atoms with Crippen LogP contribution in [-0.2, 0) is 6.42 Å². The van der Waals surface area contributed by atoms with Crippen LogP contribution in [0.25, 0.3) is 0 Å². The number of H-pyrrole nitrogens is 1. The minimum Gasteiger partial charge on any atom is -0.477 e. The fourth-order valence-corrected chi connectivity index (χ4v) is 2.45. The van der Waals surface area contributed by atoms with Crippen molar-refractivity contribution < 1.29 is 9.90 Å². The molecular weight excluding hydrogens is 190 g/mol. The van der Waals surface area contributed by atoms with Crippen molar-refractivity contribution in [3.63, 3.8) is 0 Å². The van der Waals surface area contributed by atoms with Gasteiger partial charge in [0, 0.05) is 5.69 Å². The van der Waals surface area contributed by atoms with E-state index in [9.17, 15) is 4.79 Å². The Morgan fingerprint density at radius 2 is 2.20 bits per heavy atom. The molecule has 0 aromatic carbocycles. The van der Waals surface area contributed by atoms with Gasteiger partial charge < -0.3 is 10.1 Å². The summed E-state index contributed by atoms with van der Waals surface area (Å²) in [7, 11) is 0. The van der Waals surface area contributed by atoms with Crippen LogP contribution in [0.15, 0.2) is 6.07 Å². The molecule has 3 heteroatoms. The smallest absolute Gasteiger partial charge is 0.352 e. The first-order chi connectivity index (χ1) is 7.22. The molecule has 1 saturated carbocycles. The number of aromatic carboxylic acids is 1. The Balaban J connectivity index is 2.34. The molecule has 1 heterocycles. The summed E-state index contributed by atoms with van der Waals surface area (Å²) >= 11 is 0. The van der Waals surface area contributed by atoms with Gasteiger partial charge >= 0.3 is 5.97 Å². The van der Waals surface area contributed by atoms with E-state index in [2.05, 4.69) is 4.98 Å². The maximum atomic E-state index is 11.1. The number of hydrogen-bond acceptors (Lipinski definition) is 1. The molecule has 0 radical (unpaired) electrons. The van der Waals surface area contributed by atoms with Gasteiger partial charge in [-0.3, -0.25) is 0 Å². The lowest BCUT2D eigenvalue weighted by atomic mass is 9.97. The first-order valence-corrected chi connectivity index (χ1v) is 5.67. The second-order valence-corrected chi connectivity index (χ2v) is 4.27. The zero-order valence-corrected chi connectivity index (χ0v) is 9.05. The Labute approximate surface area is 89.5 Å². The first kappa shape index (κ1) is 10.3. The number of hydrogen-bond donors (Lipinski definition) is 2. The lowest BCUT2D eigenvalue weighted by molar-refractivity contribution is 0.0689. The van der Waals surface area contributed by atoms with Crippen molar-refractivity contribution in [1.29, 1.82) is 0 Å². The van der Waals surface area contributed by atoms with Gasteiger partial charge in [0.05, 0.1) is 0 Å². The Hall–Kier alpha value is -1.25. The van der Waals surface area contributed by atoms with Crippen LogP contribution < -0.4 is 0 Å². The monoisotopic (exact) mass is 207 g/mol. The number of rotatable bonds is 3. The third-order valence-electron chi connectivity index (χ3n) is 3.29. The molecule has 0 bridgehead atoms. The lowest BCUT2D eigenvalue weighted by Gasteiger charge is -2.07. The molecule has 82 valence electrons. The molecule has 1 fully saturated rings. The van der Waals surface area contributed by atoms with E-state index in [-0.39, 0.29) is 0 Å². The van der Waals surface area contributed by atoms with E-state index in [4.69, 9.17) is 5.11 Å². The number of carboxylic acid groups (broad SMARTS) is 1. The van der Waals surface area contributed by atoms with E-state index in [0.29, 0.717) is 11.6 Å². The minimum atomic E-state index is -0.823. The summed E-state index contributed by atoms with van der Waals surface area (Å²) in [5.41, 5.74) is 2.48. The topological polar surface area (TPSA) is 53.1 Å². The Morgan fingerprint density at radius 3 is 2.73 bits per heavy atom. The molecule has 1 aliphatic rings. The molecule has 0 spiro atoms. The summed E-state index contributed by atoms with van der Waals surface area (Å²) in [5.74, 6) is -0.357. The van der Waals surface area contributed by atoms with Gasteiger partial charge in [-0.1, -0.05) is 19.8 Å². The van der Waals surface area contributed by atoms with Crippen LogP contribution in [0.4, 0.5) is 0 Å². The van der Waals surface area contributed by atoms with E-state index in [0.717, 1.165) is 30.5 Å². The van der Waals surface area contributed by atoms with E-state index in [1.807, 2.05) is 13.0 Å². The Kier molecular flexibility index (Phi) is 2.80. The number of carboxylic acids is 1. The zero-order chi connectivity index (χ0) is 10.8. The van der Waals surface area contributed by atoms with Crippen molar-refractivity contribution in [2.45, 2.75) is 44.9 Å². The lowest BCUT2D eigenvalue weighted by Crippen LogP contribution is -2.03. The highest BCUT2D eigenvalue weighted by Gasteiger charge is 2.24. The van der Waals surface area contributed by atoms with Crippen LogP contribution in [0.3, 0.4) is 0 Å². The van der Waals surface area contributed by atoms with E-state index in [1.54, 1.807) is 0 Å². The average Bonchev–Trinajstić information content (AvgIpc) is 2.86. The van der Waals surface area contributed by atoms with Crippen LogP contribution in [0, 0.1) is 0 Å². The molecule has 2 rings (SSSR count). The summed E-state index contributed by atoms with van der Waals surface area (Å²) in [6.07, 6.45) is 5.61. The van der Waals surface area contributed by atoms with E-state index in [1.165, 1.54) is 12.8 Å². The van der Waals surface area contributed by atoms with Crippen molar-refractivity contribution in [3.8, 4) is 0 Å². The number of nitrogens with one attached hydrogen (secondary N) is 1. The van der Waals surface area contributed by atoms with Crippen LogP contribution in [-0.4, -0.2) is 16.1 Å². The zero-order valence-electron chi connectivity index (χ0n) is 9.05. The Morgan fingerprint density at radius 1 is 1.53 bits per heavy atom. The molecule has 3 nitrogen and oxygen atoms in total. The minimum absolute atomic E-state index is 0.416. The number of carbonyl (C=O) groups is 1. The van der Waals surface area contributed by atoms with E-state index < -0.39 is 5.97 Å². The number of aromatic nitrogens is 1. The molecule has 2 N–H and O–H groups in total. The fourth-order valence-electron chi connectivity index (χ4n) is 2.45. The molecule has 0 saturated heterocycles. The predicted molar refractivity (Wildman–Crippen MR) is 58.3 cm³/mol. The van der Waals surface area contributed by atoms with Crippen LogP contribution in [0.2, 0.25) is 0 Å². The standard InChI is InChI=1S/C12H17NO2/c1-2-9-7-10(8-5-3-4-6-8)11(13-9)12(14)15/h7-8,13H,2-6H2,1H3,(H,14,15). The third kappa shape index (κ3) is 1.91. The van der Waals surface area contributed by atoms with Gasteiger partial charge in [0.25, 0.3) is 0 Å². The molecular formula is C12H17NO2. The summed E-state index contributed by atoms with van der Waals surface area (Å²) in [6, 6.07) is 2.04. The average molecular weight is 207 g/mol. The largest absolute Gasteiger partial charge is 0.477 e. The van der Waals surface area contributed by atoms with Crippen LogP contribution in [0.5, 0.6) is 0 Å². The fraction of sp³-hybridized carbons (Fsp3) is 0.583. The van der Waals surface area contributed by atoms with Gasteiger partial charge in [0.2, 0.25) is 0 Å². The molecule has 1 aromatic heterocycles. The van der Waals surface area contributed by atoms with Gasteiger partial charge in [0.15, 0.2) is 0 Å². The SMILES string of the molecule is CCc1cc(C2CCCC2)c(C(=O)O)[nH]1. The molecule has 0 atom stereocenters.